The number of nitrogens with zero attached hydrogens (tertiary/aromatic N) is 1. The third-order valence-electron chi connectivity index (χ3n) is 4.90. The molecule has 1 N–H and O–H groups in total. The average Bonchev–Trinajstić information content (AvgIpc) is 2.55. The fraction of sp³-hybridized carbons (Fsp3) is 0.211. The lowest BCUT2D eigenvalue weighted by atomic mass is 9.72. The van der Waals surface area contributed by atoms with E-state index < -0.39 is 0 Å². The van der Waals surface area contributed by atoms with E-state index in [0.717, 1.165) is 12.8 Å². The maximum absolute atomic E-state index is 4.80. The largest absolute Gasteiger partial charge is 0.287 e. The summed E-state index contributed by atoms with van der Waals surface area (Å²) in [6.07, 6.45) is 2.13. The van der Waals surface area contributed by atoms with E-state index in [4.69, 9.17) is 4.99 Å². The van der Waals surface area contributed by atoms with Crippen molar-refractivity contribution in [3.05, 3.63) is 81.9 Å². The van der Waals surface area contributed by atoms with Crippen molar-refractivity contribution in [3.63, 3.8) is 0 Å². The first-order chi connectivity index (χ1) is 10.4. The van der Waals surface area contributed by atoms with Gasteiger partial charge < -0.3 is 0 Å². The van der Waals surface area contributed by atoms with Gasteiger partial charge in [0.2, 0.25) is 0 Å². The monoisotopic (exact) mass is 272 g/mol. The lowest BCUT2D eigenvalue weighted by Crippen LogP contribution is -2.38. The summed E-state index contributed by atoms with van der Waals surface area (Å²) in [5.41, 5.74) is 9.88. The Balaban J connectivity index is 1.75. The van der Waals surface area contributed by atoms with E-state index in [-0.39, 0.29) is 0 Å². The van der Waals surface area contributed by atoms with Gasteiger partial charge in [-0.2, -0.15) is 0 Å². The molecule has 0 saturated heterocycles. The van der Waals surface area contributed by atoms with Crippen LogP contribution in [-0.4, -0.2) is 12.4 Å². The summed E-state index contributed by atoms with van der Waals surface area (Å²) in [5, 5.41) is 3.59. The third-order valence-corrected chi connectivity index (χ3v) is 4.90. The number of fused-ring (bicyclic) bond motifs is 4. The molecule has 0 amide bonds. The second-order valence-corrected chi connectivity index (χ2v) is 6.03. The smallest absolute Gasteiger partial charge is 0.0899 e. The van der Waals surface area contributed by atoms with Crippen LogP contribution in [0.3, 0.4) is 0 Å². The van der Waals surface area contributed by atoms with Crippen LogP contribution in [0.4, 0.5) is 0 Å². The highest BCUT2D eigenvalue weighted by Crippen LogP contribution is 2.42. The number of aliphatic imine (C=N–C) groups is 1. The lowest BCUT2D eigenvalue weighted by Gasteiger charge is -2.38. The molecule has 0 fully saturated rings. The summed E-state index contributed by atoms with van der Waals surface area (Å²) in [6.45, 7) is 0.708. The Morgan fingerprint density at radius 1 is 0.905 bits per heavy atom. The fourth-order valence-corrected chi connectivity index (χ4v) is 4.00. The number of rotatable bonds is 0. The first-order valence-electron chi connectivity index (χ1n) is 7.58. The van der Waals surface area contributed by atoms with Gasteiger partial charge in [-0.25, -0.2) is 0 Å². The number of allylic oxidation sites excluding steroid dienone is 1. The van der Waals surface area contributed by atoms with Gasteiger partial charge in [0.15, 0.2) is 0 Å². The molecular weight excluding hydrogens is 256 g/mol. The van der Waals surface area contributed by atoms with E-state index in [2.05, 4.69) is 53.8 Å². The molecular formula is C19H16N2. The molecule has 102 valence electrons. The minimum absolute atomic E-state index is 0.325. The van der Waals surface area contributed by atoms with Crippen LogP contribution in [0.5, 0.6) is 0 Å². The van der Waals surface area contributed by atoms with Gasteiger partial charge in [-0.1, -0.05) is 54.1 Å². The molecule has 0 spiro atoms. The summed E-state index contributed by atoms with van der Waals surface area (Å²) >= 11 is 0. The van der Waals surface area contributed by atoms with Crippen LogP contribution in [0, 0.1) is 0 Å². The Hall–Kier alpha value is -2.19. The van der Waals surface area contributed by atoms with E-state index in [1.165, 1.54) is 33.5 Å². The molecule has 5 rings (SSSR count). The molecule has 0 bridgehead atoms. The Bertz CT molecular complexity index is 810. The average molecular weight is 272 g/mol. The van der Waals surface area contributed by atoms with Crippen molar-refractivity contribution in [2.45, 2.75) is 18.9 Å². The summed E-state index contributed by atoms with van der Waals surface area (Å²) in [4.78, 5) is 4.80. The van der Waals surface area contributed by atoms with Gasteiger partial charge in [-0.15, -0.1) is 0 Å². The van der Waals surface area contributed by atoms with E-state index in [9.17, 15) is 0 Å². The van der Waals surface area contributed by atoms with Crippen molar-refractivity contribution in [3.8, 4) is 0 Å². The molecule has 0 radical (unpaired) electrons. The Morgan fingerprint density at radius 3 is 2.62 bits per heavy atom. The van der Waals surface area contributed by atoms with Gasteiger partial charge >= 0.3 is 0 Å². The molecule has 0 saturated carbocycles. The van der Waals surface area contributed by atoms with Crippen LogP contribution < -0.4 is 5.32 Å². The van der Waals surface area contributed by atoms with Gasteiger partial charge in [0.05, 0.1) is 18.4 Å². The van der Waals surface area contributed by atoms with E-state index >= 15 is 0 Å². The normalized spacial score (nSPS) is 22.1. The standard InChI is InChI=1S/C19H16N2/c1-3-7-15-12(5-1)9-14-10-13-6-2-4-8-16(13)19-17(14)18(15)20-11-21-19/h1-8,18,20H,9-11H2/t18-/m0/s1. The van der Waals surface area contributed by atoms with Crippen molar-refractivity contribution < 1.29 is 0 Å². The van der Waals surface area contributed by atoms with Gasteiger partial charge in [0.25, 0.3) is 0 Å². The molecule has 1 heterocycles. The van der Waals surface area contributed by atoms with Gasteiger partial charge in [0.1, 0.15) is 0 Å². The predicted molar refractivity (Wildman–Crippen MR) is 84.6 cm³/mol. The predicted octanol–water partition coefficient (Wildman–Crippen LogP) is 3.19. The van der Waals surface area contributed by atoms with Gasteiger partial charge in [-0.3, -0.25) is 10.3 Å². The number of hydrogen-bond acceptors (Lipinski definition) is 2. The first-order valence-corrected chi connectivity index (χ1v) is 7.58. The molecule has 0 unspecified atom stereocenters. The molecule has 3 aliphatic rings. The maximum atomic E-state index is 4.80. The summed E-state index contributed by atoms with van der Waals surface area (Å²) in [6, 6.07) is 17.9. The Labute approximate surface area is 124 Å². The zero-order chi connectivity index (χ0) is 13.8. The fourth-order valence-electron chi connectivity index (χ4n) is 4.00. The zero-order valence-corrected chi connectivity index (χ0v) is 11.8. The zero-order valence-electron chi connectivity index (χ0n) is 11.8. The van der Waals surface area contributed by atoms with Crippen molar-refractivity contribution in [2.75, 3.05) is 6.67 Å². The van der Waals surface area contributed by atoms with Crippen LogP contribution in [0.2, 0.25) is 0 Å². The first kappa shape index (κ1) is 11.5. The Morgan fingerprint density at radius 2 is 1.67 bits per heavy atom. The molecule has 21 heavy (non-hydrogen) atoms. The molecule has 2 nitrogen and oxygen atoms in total. The minimum Gasteiger partial charge on any atom is -0.287 e. The van der Waals surface area contributed by atoms with Crippen molar-refractivity contribution >= 4 is 5.71 Å². The van der Waals surface area contributed by atoms with Crippen LogP contribution >= 0.6 is 0 Å². The molecule has 2 aromatic rings. The quantitative estimate of drug-likeness (QED) is 0.782. The van der Waals surface area contributed by atoms with Crippen molar-refractivity contribution in [1.82, 2.24) is 5.32 Å². The molecule has 2 heteroatoms. The third kappa shape index (κ3) is 1.54. The molecule has 1 atom stereocenters. The van der Waals surface area contributed by atoms with Crippen molar-refractivity contribution in [2.24, 2.45) is 4.99 Å². The van der Waals surface area contributed by atoms with E-state index in [1.54, 1.807) is 5.57 Å². The van der Waals surface area contributed by atoms with Gasteiger partial charge in [-0.05, 0) is 35.1 Å². The van der Waals surface area contributed by atoms with E-state index in [1.807, 2.05) is 0 Å². The van der Waals surface area contributed by atoms with E-state index in [0.29, 0.717) is 12.7 Å². The number of nitrogens with one attached hydrogen (secondary N) is 1. The Kier molecular flexibility index (Phi) is 2.27. The van der Waals surface area contributed by atoms with Crippen LogP contribution in [0.1, 0.15) is 28.3 Å². The highest BCUT2D eigenvalue weighted by molar-refractivity contribution is 6.16. The molecule has 0 aromatic heterocycles. The highest BCUT2D eigenvalue weighted by Gasteiger charge is 2.35. The molecule has 1 aliphatic heterocycles. The van der Waals surface area contributed by atoms with Crippen molar-refractivity contribution in [1.29, 1.82) is 0 Å². The highest BCUT2D eigenvalue weighted by atomic mass is 15.1. The SMILES string of the molecule is c1ccc2c(c1)CC1=C3C2=NCN[C@H]3c2ccccc2C1. The second-order valence-electron chi connectivity index (χ2n) is 6.03. The minimum atomic E-state index is 0.325. The second kappa shape index (κ2) is 4.15. The maximum Gasteiger partial charge on any atom is 0.0899 e. The molecule has 2 aliphatic carbocycles. The van der Waals surface area contributed by atoms with Gasteiger partial charge in [0, 0.05) is 5.56 Å². The summed E-state index contributed by atoms with van der Waals surface area (Å²) < 4.78 is 0. The number of hydrogen-bond donors (Lipinski definition) is 1. The molecule has 2 aromatic carbocycles. The van der Waals surface area contributed by atoms with Crippen LogP contribution in [-0.2, 0) is 12.8 Å². The number of benzene rings is 2. The topological polar surface area (TPSA) is 24.4 Å². The van der Waals surface area contributed by atoms with Crippen LogP contribution in [0.15, 0.2) is 64.7 Å². The van der Waals surface area contributed by atoms with Crippen LogP contribution in [0.25, 0.3) is 0 Å². The summed E-state index contributed by atoms with van der Waals surface area (Å²) in [5.74, 6) is 0. The summed E-state index contributed by atoms with van der Waals surface area (Å²) in [7, 11) is 0. The lowest BCUT2D eigenvalue weighted by molar-refractivity contribution is 0.582.